The molecular weight excluding hydrogens is 355 g/mol. The van der Waals surface area contributed by atoms with E-state index in [1.165, 1.54) is 16.7 Å². The molecule has 0 heterocycles. The third kappa shape index (κ3) is 2.41. The van der Waals surface area contributed by atoms with Crippen LogP contribution in [0.4, 0.5) is 0 Å². The smallest absolute Gasteiger partial charge is 0.0409 e. The van der Waals surface area contributed by atoms with E-state index in [1.54, 1.807) is 0 Å². The number of fused-ring (bicyclic) bond motifs is 1. The molecule has 0 saturated carbocycles. The maximum absolute atomic E-state index is 6.23. The molecule has 0 amide bonds. The number of alkyl halides is 1. The zero-order valence-corrected chi connectivity index (χ0v) is 14.1. The molecule has 0 saturated heterocycles. The standard InChI is InChI=1S/C17H15BrCl2/c18-10-9-17(13-2-5-14(19)6-3-13)8-7-12-1-4-15(20)11-16(12)17/h1-6,11H,7-10H2/t17-/m1/s1. The third-order valence-electron chi connectivity index (χ3n) is 4.33. The Bertz CT molecular complexity index is 617. The molecule has 3 heteroatoms. The first kappa shape index (κ1) is 14.4. The molecule has 104 valence electrons. The molecule has 0 radical (unpaired) electrons. The molecule has 0 unspecified atom stereocenters. The van der Waals surface area contributed by atoms with Crippen molar-refractivity contribution in [3.05, 3.63) is 69.2 Å². The normalized spacial score (nSPS) is 20.9. The maximum atomic E-state index is 6.23. The lowest BCUT2D eigenvalue weighted by atomic mass is 9.73. The topological polar surface area (TPSA) is 0 Å². The van der Waals surface area contributed by atoms with Gasteiger partial charge in [-0.3, -0.25) is 0 Å². The second-order valence-electron chi connectivity index (χ2n) is 5.33. The molecule has 1 aliphatic rings. The van der Waals surface area contributed by atoms with E-state index in [4.69, 9.17) is 23.2 Å². The quantitative estimate of drug-likeness (QED) is 0.581. The Labute approximate surface area is 138 Å². The monoisotopic (exact) mass is 368 g/mol. The van der Waals surface area contributed by atoms with Crippen LogP contribution < -0.4 is 0 Å². The van der Waals surface area contributed by atoms with E-state index in [9.17, 15) is 0 Å². The van der Waals surface area contributed by atoms with Gasteiger partial charge < -0.3 is 0 Å². The number of aryl methyl sites for hydroxylation is 1. The van der Waals surface area contributed by atoms with Crippen LogP contribution in [0.2, 0.25) is 10.0 Å². The maximum Gasteiger partial charge on any atom is 0.0409 e. The number of hydrogen-bond acceptors (Lipinski definition) is 0. The number of benzene rings is 2. The van der Waals surface area contributed by atoms with Crippen molar-refractivity contribution in [2.45, 2.75) is 24.7 Å². The van der Waals surface area contributed by atoms with Crippen molar-refractivity contribution in [2.75, 3.05) is 5.33 Å². The van der Waals surface area contributed by atoms with Crippen molar-refractivity contribution >= 4 is 39.1 Å². The summed E-state index contributed by atoms with van der Waals surface area (Å²) in [5.41, 5.74) is 4.20. The molecule has 2 aromatic carbocycles. The lowest BCUT2D eigenvalue weighted by Gasteiger charge is -2.31. The van der Waals surface area contributed by atoms with Gasteiger partial charge in [-0.15, -0.1) is 0 Å². The fraction of sp³-hybridized carbons (Fsp3) is 0.294. The minimum Gasteiger partial charge on any atom is -0.0928 e. The largest absolute Gasteiger partial charge is 0.0928 e. The van der Waals surface area contributed by atoms with Gasteiger partial charge in [-0.05, 0) is 60.2 Å². The van der Waals surface area contributed by atoms with Crippen molar-refractivity contribution in [2.24, 2.45) is 0 Å². The van der Waals surface area contributed by atoms with Crippen molar-refractivity contribution < 1.29 is 0 Å². The van der Waals surface area contributed by atoms with Crippen LogP contribution in [-0.4, -0.2) is 5.33 Å². The molecule has 0 aromatic heterocycles. The molecule has 0 nitrogen and oxygen atoms in total. The SMILES string of the molecule is Clc1ccc([C@]2(CCBr)CCc3ccc(Cl)cc32)cc1. The van der Waals surface area contributed by atoms with Crippen LogP contribution in [0.3, 0.4) is 0 Å². The van der Waals surface area contributed by atoms with Crippen molar-refractivity contribution in [3.63, 3.8) is 0 Å². The van der Waals surface area contributed by atoms with Gasteiger partial charge in [0.1, 0.15) is 0 Å². The van der Waals surface area contributed by atoms with Crippen LogP contribution in [0, 0.1) is 0 Å². The Morgan fingerprint density at radius 2 is 1.70 bits per heavy atom. The lowest BCUT2D eigenvalue weighted by molar-refractivity contribution is 0.498. The zero-order chi connectivity index (χ0) is 14.2. The molecule has 0 spiro atoms. The van der Waals surface area contributed by atoms with E-state index in [0.717, 1.165) is 34.6 Å². The van der Waals surface area contributed by atoms with E-state index in [2.05, 4.69) is 40.2 Å². The summed E-state index contributed by atoms with van der Waals surface area (Å²) >= 11 is 15.9. The van der Waals surface area contributed by atoms with Gasteiger partial charge in [-0.1, -0.05) is 57.3 Å². The van der Waals surface area contributed by atoms with Gasteiger partial charge in [0.25, 0.3) is 0 Å². The fourth-order valence-corrected chi connectivity index (χ4v) is 4.30. The van der Waals surface area contributed by atoms with Crippen LogP contribution >= 0.6 is 39.1 Å². The van der Waals surface area contributed by atoms with E-state index in [1.807, 2.05) is 18.2 Å². The molecule has 2 aromatic rings. The van der Waals surface area contributed by atoms with Crippen LogP contribution in [0.25, 0.3) is 0 Å². The zero-order valence-electron chi connectivity index (χ0n) is 11.0. The first-order valence-corrected chi connectivity index (χ1v) is 8.64. The summed E-state index contributed by atoms with van der Waals surface area (Å²) < 4.78 is 0. The van der Waals surface area contributed by atoms with Crippen molar-refractivity contribution in [1.29, 1.82) is 0 Å². The first-order valence-electron chi connectivity index (χ1n) is 6.77. The Hall–Kier alpha value is -0.500. The summed E-state index contributed by atoms with van der Waals surface area (Å²) in [6.45, 7) is 0. The summed E-state index contributed by atoms with van der Waals surface area (Å²) in [7, 11) is 0. The Balaban J connectivity index is 2.16. The van der Waals surface area contributed by atoms with Gasteiger partial charge in [-0.25, -0.2) is 0 Å². The molecule has 3 rings (SSSR count). The third-order valence-corrected chi connectivity index (χ3v) is 5.21. The predicted molar refractivity (Wildman–Crippen MR) is 90.4 cm³/mol. The number of rotatable bonds is 3. The summed E-state index contributed by atoms with van der Waals surface area (Å²) in [5.74, 6) is 0. The highest BCUT2D eigenvalue weighted by Crippen LogP contribution is 2.47. The van der Waals surface area contributed by atoms with E-state index in [0.29, 0.717) is 0 Å². The molecule has 1 aliphatic carbocycles. The van der Waals surface area contributed by atoms with Crippen molar-refractivity contribution in [1.82, 2.24) is 0 Å². The first-order chi connectivity index (χ1) is 9.65. The van der Waals surface area contributed by atoms with Gasteiger partial charge in [0, 0.05) is 20.8 Å². The molecular formula is C17H15BrCl2. The average molecular weight is 370 g/mol. The van der Waals surface area contributed by atoms with Crippen molar-refractivity contribution in [3.8, 4) is 0 Å². The lowest BCUT2D eigenvalue weighted by Crippen LogP contribution is -2.25. The molecule has 0 fully saturated rings. The number of hydrogen-bond donors (Lipinski definition) is 0. The second kappa shape index (κ2) is 5.71. The average Bonchev–Trinajstić information content (AvgIpc) is 2.79. The van der Waals surface area contributed by atoms with E-state index >= 15 is 0 Å². The van der Waals surface area contributed by atoms with Gasteiger partial charge in [0.2, 0.25) is 0 Å². The van der Waals surface area contributed by atoms with Crippen LogP contribution in [0.5, 0.6) is 0 Å². The van der Waals surface area contributed by atoms with Crippen LogP contribution in [-0.2, 0) is 11.8 Å². The number of halogens is 3. The predicted octanol–water partition coefficient (Wildman–Crippen LogP) is 6.01. The second-order valence-corrected chi connectivity index (χ2v) is 7.00. The summed E-state index contributed by atoms with van der Waals surface area (Å²) in [5, 5.41) is 2.58. The molecule has 20 heavy (non-hydrogen) atoms. The Kier molecular flexibility index (Phi) is 4.12. The van der Waals surface area contributed by atoms with E-state index in [-0.39, 0.29) is 5.41 Å². The van der Waals surface area contributed by atoms with Crippen LogP contribution in [0.1, 0.15) is 29.5 Å². The van der Waals surface area contributed by atoms with Gasteiger partial charge in [0.15, 0.2) is 0 Å². The summed E-state index contributed by atoms with van der Waals surface area (Å²) in [6.07, 6.45) is 3.32. The Morgan fingerprint density at radius 1 is 1.00 bits per heavy atom. The molecule has 0 bridgehead atoms. The minimum absolute atomic E-state index is 0.0638. The van der Waals surface area contributed by atoms with Gasteiger partial charge in [0.05, 0.1) is 0 Å². The van der Waals surface area contributed by atoms with Crippen LogP contribution in [0.15, 0.2) is 42.5 Å². The summed E-state index contributed by atoms with van der Waals surface area (Å²) in [4.78, 5) is 0. The molecule has 1 atom stereocenters. The highest BCUT2D eigenvalue weighted by atomic mass is 79.9. The fourth-order valence-electron chi connectivity index (χ4n) is 3.33. The van der Waals surface area contributed by atoms with Gasteiger partial charge >= 0.3 is 0 Å². The molecule has 0 aliphatic heterocycles. The molecule has 0 N–H and O–H groups in total. The highest BCUT2D eigenvalue weighted by Gasteiger charge is 2.39. The minimum atomic E-state index is 0.0638. The highest BCUT2D eigenvalue weighted by molar-refractivity contribution is 9.09. The summed E-state index contributed by atoms with van der Waals surface area (Å²) in [6, 6.07) is 14.6. The van der Waals surface area contributed by atoms with Gasteiger partial charge in [-0.2, -0.15) is 0 Å². The van der Waals surface area contributed by atoms with E-state index < -0.39 is 0 Å². The Morgan fingerprint density at radius 3 is 2.40 bits per heavy atom.